The lowest BCUT2D eigenvalue weighted by Gasteiger charge is -2.39. The summed E-state index contributed by atoms with van der Waals surface area (Å²) in [6.07, 6.45) is 6.09. The monoisotopic (exact) mass is 531 g/mol. The third-order valence-electron chi connectivity index (χ3n) is 7.59. The van der Waals surface area contributed by atoms with Gasteiger partial charge in [0.05, 0.1) is 29.8 Å². The number of pyridine rings is 2. The number of H-pyrrole nitrogens is 1. The standard InChI is InChI=1S/C29H34FN7O2/c1-17-9-23(12-24-11-19(3)35-36-24)34-26(10-17)29(39)8-7-25(18(2)13-29)28(38)33-20(4)21-5-6-27(31-14-21)37-16-22(30)15-32-37/h5-6,9-11,14-16,18,20,25,39H,7-8,12-13H2,1-4H3,(H,33,38)(H,35,36)/t18-,20+,25+,29-/m1/s1. The van der Waals surface area contributed by atoms with Crippen LogP contribution in [0.2, 0.25) is 0 Å². The van der Waals surface area contributed by atoms with E-state index >= 15 is 0 Å². The molecule has 1 amide bonds. The number of carbonyl (C=O) groups is 1. The van der Waals surface area contributed by atoms with Crippen molar-refractivity contribution in [1.82, 2.24) is 35.3 Å². The van der Waals surface area contributed by atoms with E-state index in [1.54, 1.807) is 12.3 Å². The van der Waals surface area contributed by atoms with Gasteiger partial charge in [0.25, 0.3) is 0 Å². The molecule has 0 radical (unpaired) electrons. The fourth-order valence-electron chi connectivity index (χ4n) is 5.52. The van der Waals surface area contributed by atoms with E-state index in [0.717, 1.165) is 34.4 Å². The second kappa shape index (κ2) is 10.7. The molecule has 0 saturated heterocycles. The highest BCUT2D eigenvalue weighted by molar-refractivity contribution is 5.79. The summed E-state index contributed by atoms with van der Waals surface area (Å²) in [5, 5.41) is 26.0. The number of carbonyl (C=O) groups excluding carboxylic acids is 1. The first-order valence-electron chi connectivity index (χ1n) is 13.3. The number of aromatic amines is 1. The second-order valence-corrected chi connectivity index (χ2v) is 10.9. The van der Waals surface area contributed by atoms with Crippen LogP contribution in [0.1, 0.15) is 73.1 Å². The Bertz CT molecular complexity index is 1460. The molecule has 39 heavy (non-hydrogen) atoms. The fraction of sp³-hybridized carbons (Fsp3) is 0.414. The summed E-state index contributed by atoms with van der Waals surface area (Å²) >= 11 is 0. The number of hydrogen-bond acceptors (Lipinski definition) is 6. The lowest BCUT2D eigenvalue weighted by Crippen LogP contribution is -2.43. The summed E-state index contributed by atoms with van der Waals surface area (Å²) in [4.78, 5) is 22.4. The van der Waals surface area contributed by atoms with Crippen molar-refractivity contribution >= 4 is 5.91 Å². The highest BCUT2D eigenvalue weighted by Gasteiger charge is 2.42. The van der Waals surface area contributed by atoms with Crippen molar-refractivity contribution in [3.05, 3.63) is 88.6 Å². The molecular formula is C29H34FN7O2. The summed E-state index contributed by atoms with van der Waals surface area (Å²) in [5.41, 5.74) is 4.21. The zero-order chi connectivity index (χ0) is 27.7. The summed E-state index contributed by atoms with van der Waals surface area (Å²) in [7, 11) is 0. The predicted octanol–water partition coefficient (Wildman–Crippen LogP) is 4.23. The SMILES string of the molecule is Cc1cc(Cc2cc(C)[nH]n2)nc([C@@]2(O)CC[C@H](C(=O)N[C@@H](C)c3ccc(-n4cc(F)cn4)nc3)[C@H](C)C2)c1. The van der Waals surface area contributed by atoms with Crippen molar-refractivity contribution in [1.29, 1.82) is 0 Å². The van der Waals surface area contributed by atoms with Gasteiger partial charge in [0.1, 0.15) is 5.60 Å². The minimum absolute atomic E-state index is 0.0362. The second-order valence-electron chi connectivity index (χ2n) is 10.9. The largest absolute Gasteiger partial charge is 0.384 e. The molecular weight excluding hydrogens is 497 g/mol. The summed E-state index contributed by atoms with van der Waals surface area (Å²) in [6, 6.07) is 9.30. The summed E-state index contributed by atoms with van der Waals surface area (Å²) in [6.45, 7) is 7.89. The normalized spacial score (nSPS) is 22.0. The maximum absolute atomic E-state index is 13.3. The Morgan fingerprint density at radius 1 is 1.26 bits per heavy atom. The lowest BCUT2D eigenvalue weighted by molar-refractivity contribution is -0.132. The molecule has 10 heteroatoms. The Labute approximate surface area is 226 Å². The van der Waals surface area contributed by atoms with Crippen LogP contribution in [0, 0.1) is 31.5 Å². The van der Waals surface area contributed by atoms with E-state index in [4.69, 9.17) is 4.98 Å². The molecule has 0 unspecified atom stereocenters. The molecule has 5 rings (SSSR count). The Hall–Kier alpha value is -3.92. The average Bonchev–Trinajstić information content (AvgIpc) is 3.51. The number of halogens is 1. The van der Waals surface area contributed by atoms with Crippen LogP contribution in [0.4, 0.5) is 4.39 Å². The number of aromatic nitrogens is 6. The van der Waals surface area contributed by atoms with Gasteiger partial charge in [-0.2, -0.15) is 10.2 Å². The number of aryl methyl sites for hydroxylation is 2. The molecule has 1 saturated carbocycles. The van der Waals surface area contributed by atoms with Gasteiger partial charge < -0.3 is 10.4 Å². The number of hydrogen-bond donors (Lipinski definition) is 3. The Morgan fingerprint density at radius 2 is 2.08 bits per heavy atom. The fourth-order valence-corrected chi connectivity index (χ4v) is 5.52. The van der Waals surface area contributed by atoms with E-state index in [2.05, 4.69) is 25.6 Å². The zero-order valence-electron chi connectivity index (χ0n) is 22.6. The Morgan fingerprint density at radius 3 is 2.72 bits per heavy atom. The van der Waals surface area contributed by atoms with Gasteiger partial charge in [0.15, 0.2) is 11.6 Å². The molecule has 0 bridgehead atoms. The third kappa shape index (κ3) is 5.90. The number of rotatable bonds is 7. The highest BCUT2D eigenvalue weighted by Crippen LogP contribution is 2.42. The first-order valence-corrected chi connectivity index (χ1v) is 13.3. The predicted molar refractivity (Wildman–Crippen MR) is 143 cm³/mol. The minimum Gasteiger partial charge on any atom is -0.384 e. The van der Waals surface area contributed by atoms with Crippen LogP contribution >= 0.6 is 0 Å². The molecule has 204 valence electrons. The lowest BCUT2D eigenvalue weighted by atomic mass is 9.70. The van der Waals surface area contributed by atoms with Gasteiger partial charge in [-0.3, -0.25) is 14.9 Å². The molecule has 4 aromatic heterocycles. The highest BCUT2D eigenvalue weighted by atomic mass is 19.1. The zero-order valence-corrected chi connectivity index (χ0v) is 22.6. The van der Waals surface area contributed by atoms with E-state index in [9.17, 15) is 14.3 Å². The first-order chi connectivity index (χ1) is 18.6. The minimum atomic E-state index is -1.09. The Balaban J connectivity index is 1.23. The smallest absolute Gasteiger partial charge is 0.223 e. The average molecular weight is 532 g/mol. The van der Waals surface area contributed by atoms with E-state index in [-0.39, 0.29) is 23.8 Å². The number of nitrogens with one attached hydrogen (secondary N) is 2. The van der Waals surface area contributed by atoms with Crippen molar-refractivity contribution in [2.45, 2.75) is 65.0 Å². The van der Waals surface area contributed by atoms with Gasteiger partial charge in [-0.15, -0.1) is 0 Å². The quantitative estimate of drug-likeness (QED) is 0.328. The molecule has 4 aromatic rings. The van der Waals surface area contributed by atoms with E-state index in [0.29, 0.717) is 37.2 Å². The molecule has 1 aliphatic carbocycles. The van der Waals surface area contributed by atoms with Crippen LogP contribution in [0.15, 0.2) is 48.9 Å². The topological polar surface area (TPSA) is 122 Å². The number of nitrogens with zero attached hydrogens (tertiary/aromatic N) is 5. The van der Waals surface area contributed by atoms with Crippen LogP contribution < -0.4 is 5.32 Å². The van der Waals surface area contributed by atoms with E-state index in [1.807, 2.05) is 52.0 Å². The summed E-state index contributed by atoms with van der Waals surface area (Å²) in [5.74, 6) is -0.234. The Kier molecular flexibility index (Phi) is 7.31. The van der Waals surface area contributed by atoms with Crippen LogP contribution in [0.5, 0.6) is 0 Å². The molecule has 0 aliphatic heterocycles. The van der Waals surface area contributed by atoms with Gasteiger partial charge in [-0.1, -0.05) is 13.0 Å². The molecule has 1 aliphatic rings. The molecule has 9 nitrogen and oxygen atoms in total. The van der Waals surface area contributed by atoms with E-state index in [1.165, 1.54) is 10.9 Å². The van der Waals surface area contributed by atoms with Crippen molar-refractivity contribution in [2.75, 3.05) is 0 Å². The molecule has 0 spiro atoms. The van der Waals surface area contributed by atoms with Crippen molar-refractivity contribution in [3.8, 4) is 5.82 Å². The first kappa shape index (κ1) is 26.7. The van der Waals surface area contributed by atoms with Gasteiger partial charge in [0.2, 0.25) is 5.91 Å². The van der Waals surface area contributed by atoms with Crippen molar-refractivity contribution < 1.29 is 14.3 Å². The molecule has 1 fully saturated rings. The molecule has 3 N–H and O–H groups in total. The van der Waals surface area contributed by atoms with Gasteiger partial charge in [-0.25, -0.2) is 14.1 Å². The van der Waals surface area contributed by atoms with Crippen molar-refractivity contribution in [3.63, 3.8) is 0 Å². The van der Waals surface area contributed by atoms with Crippen LogP contribution in [-0.2, 0) is 16.8 Å². The molecule has 0 aromatic carbocycles. The molecule has 4 atom stereocenters. The van der Waals surface area contributed by atoms with Gasteiger partial charge in [-0.05, 0) is 81.3 Å². The van der Waals surface area contributed by atoms with Gasteiger partial charge >= 0.3 is 0 Å². The van der Waals surface area contributed by atoms with E-state index < -0.39 is 11.4 Å². The summed E-state index contributed by atoms with van der Waals surface area (Å²) < 4.78 is 14.6. The third-order valence-corrected chi connectivity index (χ3v) is 7.59. The van der Waals surface area contributed by atoms with Gasteiger partial charge in [0, 0.05) is 29.9 Å². The molecule has 4 heterocycles. The van der Waals surface area contributed by atoms with Crippen LogP contribution in [-0.4, -0.2) is 41.0 Å². The maximum Gasteiger partial charge on any atom is 0.223 e. The van der Waals surface area contributed by atoms with Crippen LogP contribution in [0.25, 0.3) is 5.82 Å². The number of amides is 1. The maximum atomic E-state index is 13.3. The van der Waals surface area contributed by atoms with Crippen LogP contribution in [0.3, 0.4) is 0 Å². The van der Waals surface area contributed by atoms with Crippen molar-refractivity contribution in [2.24, 2.45) is 11.8 Å². The number of aliphatic hydroxyl groups is 1.